The van der Waals surface area contributed by atoms with Gasteiger partial charge in [0.05, 0.1) is 15.6 Å². The molecule has 1 N–H and O–H groups in total. The van der Waals surface area contributed by atoms with Gasteiger partial charge in [0.2, 0.25) is 0 Å². The van der Waals surface area contributed by atoms with Crippen molar-refractivity contribution in [1.82, 2.24) is 5.32 Å². The fourth-order valence-electron chi connectivity index (χ4n) is 1.33. The van der Waals surface area contributed by atoms with E-state index in [1.165, 1.54) is 12.3 Å². The summed E-state index contributed by atoms with van der Waals surface area (Å²) in [5.41, 5.74) is -0.183. The van der Waals surface area contributed by atoms with Gasteiger partial charge in [-0.25, -0.2) is 8.42 Å². The van der Waals surface area contributed by atoms with Gasteiger partial charge in [-0.15, -0.1) is 0 Å². The van der Waals surface area contributed by atoms with Crippen LogP contribution in [0.2, 0.25) is 10.0 Å². The van der Waals surface area contributed by atoms with Crippen LogP contribution in [0.4, 0.5) is 0 Å². The number of hydrogen-bond donors (Lipinski definition) is 1. The Hall–Kier alpha value is -0.340. The largest absolute Gasteiger partial charge is 0.351 e. The van der Waals surface area contributed by atoms with Crippen LogP contribution in [-0.2, 0) is 19.9 Å². The Morgan fingerprint density at radius 1 is 1.35 bits per heavy atom. The quantitative estimate of drug-likeness (QED) is 0.795. The van der Waals surface area contributed by atoms with Crippen molar-refractivity contribution in [3.8, 4) is 0 Å². The Balaban J connectivity index is 3.11. The lowest BCUT2D eigenvalue weighted by Crippen LogP contribution is -2.28. The van der Waals surface area contributed by atoms with Crippen molar-refractivity contribution in [2.45, 2.75) is 4.90 Å². The van der Waals surface area contributed by atoms with Gasteiger partial charge in [0.25, 0.3) is 15.0 Å². The van der Waals surface area contributed by atoms with Gasteiger partial charge in [-0.1, -0.05) is 23.2 Å². The van der Waals surface area contributed by atoms with Gasteiger partial charge in [0.15, 0.2) is 0 Å². The first kappa shape index (κ1) is 17.7. The molecule has 1 aromatic carbocycles. The van der Waals surface area contributed by atoms with E-state index in [9.17, 15) is 17.4 Å². The summed E-state index contributed by atoms with van der Waals surface area (Å²) in [5.74, 6) is -0.401. The molecule has 1 aromatic rings. The van der Waals surface area contributed by atoms with E-state index in [-0.39, 0.29) is 27.9 Å². The monoisotopic (exact) mass is 377 g/mol. The fourth-order valence-corrected chi connectivity index (χ4v) is 3.61. The zero-order valence-corrected chi connectivity index (χ0v) is 14.1. The summed E-state index contributed by atoms with van der Waals surface area (Å²) < 4.78 is 33.5. The van der Waals surface area contributed by atoms with Crippen molar-refractivity contribution in [1.29, 1.82) is 0 Å². The molecule has 1 rings (SSSR count). The van der Waals surface area contributed by atoms with Crippen molar-refractivity contribution < 1.29 is 17.4 Å². The molecule has 0 aliphatic rings. The SMILES string of the molecule is CS(=O)CCNC(=O)c1c(Cl)ccc(S(=O)(=O)Cl)c1Cl. The smallest absolute Gasteiger partial charge is 0.262 e. The zero-order valence-electron chi connectivity index (χ0n) is 10.2. The van der Waals surface area contributed by atoms with Crippen LogP contribution in [0.25, 0.3) is 0 Å². The van der Waals surface area contributed by atoms with Gasteiger partial charge in [-0.05, 0) is 12.1 Å². The first-order valence-electron chi connectivity index (χ1n) is 5.15. The average molecular weight is 379 g/mol. The minimum Gasteiger partial charge on any atom is -0.351 e. The van der Waals surface area contributed by atoms with Crippen LogP contribution in [-0.4, -0.2) is 37.1 Å². The zero-order chi connectivity index (χ0) is 15.5. The summed E-state index contributed by atoms with van der Waals surface area (Å²) in [6.07, 6.45) is 1.49. The highest BCUT2D eigenvalue weighted by atomic mass is 35.7. The summed E-state index contributed by atoms with van der Waals surface area (Å²) in [6.45, 7) is 0.145. The predicted octanol–water partition coefficient (Wildman–Crippen LogP) is 2.03. The lowest BCUT2D eigenvalue weighted by molar-refractivity contribution is 0.0956. The first-order chi connectivity index (χ1) is 9.14. The predicted molar refractivity (Wildman–Crippen MR) is 80.8 cm³/mol. The highest BCUT2D eigenvalue weighted by Crippen LogP contribution is 2.32. The third-order valence-electron chi connectivity index (χ3n) is 2.22. The van der Waals surface area contributed by atoms with E-state index in [1.54, 1.807) is 0 Å². The van der Waals surface area contributed by atoms with E-state index >= 15 is 0 Å². The number of carbonyl (C=O) groups excluding carboxylic acids is 1. The lowest BCUT2D eigenvalue weighted by atomic mass is 10.2. The standard InChI is InChI=1S/C10H10Cl3NO4S2/c1-19(16)5-4-14-10(15)8-6(11)2-3-7(9(8)12)20(13,17)18/h2-3H,4-5H2,1H3,(H,14,15). The number of rotatable bonds is 5. The number of nitrogens with one attached hydrogen (secondary N) is 1. The molecule has 0 bridgehead atoms. The van der Waals surface area contributed by atoms with Gasteiger partial charge in [-0.3, -0.25) is 9.00 Å². The molecule has 1 amide bonds. The fraction of sp³-hybridized carbons (Fsp3) is 0.300. The third-order valence-corrected chi connectivity index (χ3v) is 5.18. The maximum Gasteiger partial charge on any atom is 0.262 e. The van der Waals surface area contributed by atoms with Crippen LogP contribution >= 0.6 is 33.9 Å². The summed E-state index contributed by atoms with van der Waals surface area (Å²) in [6, 6.07) is 2.33. The van der Waals surface area contributed by atoms with Gasteiger partial charge in [0, 0.05) is 40.0 Å². The van der Waals surface area contributed by atoms with Crippen molar-refractivity contribution in [2.75, 3.05) is 18.6 Å². The van der Waals surface area contributed by atoms with Crippen molar-refractivity contribution in [3.63, 3.8) is 0 Å². The Kier molecular flexibility index (Phi) is 6.27. The van der Waals surface area contributed by atoms with Gasteiger partial charge < -0.3 is 5.32 Å². The number of hydrogen-bond acceptors (Lipinski definition) is 4. The molecular formula is C10H10Cl3NO4S2. The average Bonchev–Trinajstić information content (AvgIpc) is 2.26. The van der Waals surface area contributed by atoms with Crippen LogP contribution in [0.5, 0.6) is 0 Å². The number of carbonyl (C=O) groups is 1. The Morgan fingerprint density at radius 2 is 1.95 bits per heavy atom. The summed E-state index contributed by atoms with van der Waals surface area (Å²) in [7, 11) is 0.0591. The molecule has 0 saturated carbocycles. The maximum absolute atomic E-state index is 11.9. The van der Waals surface area contributed by atoms with Gasteiger partial charge in [0.1, 0.15) is 4.90 Å². The van der Waals surface area contributed by atoms with E-state index in [0.29, 0.717) is 0 Å². The highest BCUT2D eigenvalue weighted by molar-refractivity contribution is 8.13. The van der Waals surface area contributed by atoms with E-state index < -0.39 is 30.7 Å². The number of benzene rings is 1. The molecule has 1 unspecified atom stereocenters. The van der Waals surface area contributed by atoms with E-state index in [4.69, 9.17) is 33.9 Å². The van der Waals surface area contributed by atoms with Crippen molar-refractivity contribution in [3.05, 3.63) is 27.7 Å². The van der Waals surface area contributed by atoms with E-state index in [0.717, 1.165) is 6.07 Å². The number of amides is 1. The minimum atomic E-state index is -4.09. The Morgan fingerprint density at radius 3 is 2.45 bits per heavy atom. The normalized spacial score (nSPS) is 13.0. The molecule has 0 radical (unpaired) electrons. The molecule has 0 aromatic heterocycles. The van der Waals surface area contributed by atoms with Gasteiger partial charge >= 0.3 is 0 Å². The summed E-state index contributed by atoms with van der Waals surface area (Å²) in [5, 5.41) is 2.10. The molecule has 0 fully saturated rings. The molecule has 0 aliphatic heterocycles. The van der Waals surface area contributed by atoms with Crippen LogP contribution in [0.3, 0.4) is 0 Å². The third kappa shape index (κ3) is 4.60. The van der Waals surface area contributed by atoms with Gasteiger partial charge in [-0.2, -0.15) is 0 Å². The van der Waals surface area contributed by atoms with E-state index in [2.05, 4.69) is 5.32 Å². The topological polar surface area (TPSA) is 80.3 Å². The Bertz CT molecular complexity index is 661. The molecule has 20 heavy (non-hydrogen) atoms. The molecule has 1 atom stereocenters. The molecule has 0 saturated heterocycles. The van der Waals surface area contributed by atoms with Crippen LogP contribution < -0.4 is 5.32 Å². The van der Waals surface area contributed by atoms with Crippen LogP contribution in [0, 0.1) is 0 Å². The second-order valence-corrected chi connectivity index (χ2v) is 8.58. The minimum absolute atomic E-state index is 0.00538. The summed E-state index contributed by atoms with van der Waals surface area (Å²) >= 11 is 11.7. The second-order valence-electron chi connectivity index (χ2n) is 3.71. The molecule has 0 heterocycles. The molecule has 0 spiro atoms. The summed E-state index contributed by atoms with van der Waals surface area (Å²) in [4.78, 5) is 11.5. The molecule has 10 heteroatoms. The molecular weight excluding hydrogens is 369 g/mol. The van der Waals surface area contributed by atoms with Crippen molar-refractivity contribution in [2.24, 2.45) is 0 Å². The van der Waals surface area contributed by atoms with Crippen molar-refractivity contribution >= 4 is 59.6 Å². The number of halogens is 3. The molecule has 112 valence electrons. The first-order valence-corrected chi connectivity index (χ1v) is 9.94. The maximum atomic E-state index is 11.9. The van der Waals surface area contributed by atoms with Crippen LogP contribution in [0.15, 0.2) is 17.0 Å². The van der Waals surface area contributed by atoms with Crippen LogP contribution in [0.1, 0.15) is 10.4 Å². The highest BCUT2D eigenvalue weighted by Gasteiger charge is 2.23. The lowest BCUT2D eigenvalue weighted by Gasteiger charge is -2.10. The second kappa shape index (κ2) is 7.09. The van der Waals surface area contributed by atoms with E-state index in [1.807, 2.05) is 0 Å². The Labute approximate surface area is 133 Å². The molecule has 0 aliphatic carbocycles. The molecule has 5 nitrogen and oxygen atoms in total.